The minimum atomic E-state index is -0.0494. The van der Waals surface area contributed by atoms with Gasteiger partial charge in [-0.2, -0.15) is 0 Å². The minimum absolute atomic E-state index is 0.0494. The van der Waals surface area contributed by atoms with Crippen LogP contribution in [0, 0.1) is 0 Å². The highest BCUT2D eigenvalue weighted by molar-refractivity contribution is 9.10. The first-order valence-corrected chi connectivity index (χ1v) is 5.09. The van der Waals surface area contributed by atoms with E-state index in [9.17, 15) is 0 Å². The van der Waals surface area contributed by atoms with Crippen LogP contribution in [-0.2, 0) is 0 Å². The number of benzene rings is 1. The van der Waals surface area contributed by atoms with Crippen molar-refractivity contribution in [2.45, 2.75) is 6.04 Å². The molecule has 0 aromatic heterocycles. The summed E-state index contributed by atoms with van der Waals surface area (Å²) in [6.45, 7) is 0.0662. The number of rotatable bonds is 3. The summed E-state index contributed by atoms with van der Waals surface area (Å²) in [4.78, 5) is 0. The normalized spacial score (nSPS) is 12.9. The molecule has 1 aromatic rings. The van der Waals surface area contributed by atoms with E-state index in [4.69, 9.17) is 16.7 Å². The summed E-state index contributed by atoms with van der Waals surface area (Å²) in [6, 6.07) is 5.47. The molecule has 2 nitrogen and oxygen atoms in total. The van der Waals surface area contributed by atoms with Gasteiger partial charge in [0.25, 0.3) is 0 Å². The van der Waals surface area contributed by atoms with E-state index in [2.05, 4.69) is 21.2 Å². The second-order valence-electron chi connectivity index (χ2n) is 2.69. The molecule has 1 aromatic carbocycles. The Bertz CT molecular complexity index is 289. The van der Waals surface area contributed by atoms with Gasteiger partial charge in [0.1, 0.15) is 0 Å². The van der Waals surface area contributed by atoms with Crippen LogP contribution in [0.25, 0.3) is 0 Å². The predicted molar refractivity (Wildman–Crippen MR) is 58.0 cm³/mol. The van der Waals surface area contributed by atoms with E-state index >= 15 is 0 Å². The van der Waals surface area contributed by atoms with E-state index in [1.807, 2.05) is 25.2 Å². The van der Waals surface area contributed by atoms with Gasteiger partial charge >= 0.3 is 0 Å². The van der Waals surface area contributed by atoms with Crippen LogP contribution in [0.4, 0.5) is 0 Å². The number of hydrogen-bond donors (Lipinski definition) is 2. The van der Waals surface area contributed by atoms with Crippen LogP contribution in [0.3, 0.4) is 0 Å². The van der Waals surface area contributed by atoms with Crippen molar-refractivity contribution in [3.8, 4) is 0 Å². The molecule has 0 bridgehead atoms. The van der Waals surface area contributed by atoms with Gasteiger partial charge in [0.2, 0.25) is 0 Å². The molecular formula is C9H11BrClNO. The molecule has 1 unspecified atom stereocenters. The van der Waals surface area contributed by atoms with Crippen LogP contribution < -0.4 is 5.32 Å². The number of aliphatic hydroxyl groups is 1. The molecule has 13 heavy (non-hydrogen) atoms. The zero-order valence-corrected chi connectivity index (χ0v) is 9.56. The van der Waals surface area contributed by atoms with Crippen molar-refractivity contribution >= 4 is 27.5 Å². The molecule has 0 fully saturated rings. The highest BCUT2D eigenvalue weighted by Crippen LogP contribution is 2.26. The highest BCUT2D eigenvalue weighted by atomic mass is 79.9. The second kappa shape index (κ2) is 4.96. The first-order valence-electron chi connectivity index (χ1n) is 3.92. The quantitative estimate of drug-likeness (QED) is 0.878. The zero-order chi connectivity index (χ0) is 9.84. The van der Waals surface area contributed by atoms with Crippen LogP contribution in [0.2, 0.25) is 5.02 Å². The van der Waals surface area contributed by atoms with Gasteiger partial charge in [-0.15, -0.1) is 0 Å². The van der Waals surface area contributed by atoms with Crippen molar-refractivity contribution < 1.29 is 5.11 Å². The number of likely N-dealkylation sites (N-methyl/N-ethyl adjacent to an activating group) is 1. The van der Waals surface area contributed by atoms with Crippen LogP contribution in [0.5, 0.6) is 0 Å². The molecule has 0 aliphatic carbocycles. The fourth-order valence-corrected chi connectivity index (χ4v) is 2.09. The lowest BCUT2D eigenvalue weighted by molar-refractivity contribution is 0.250. The van der Waals surface area contributed by atoms with Crippen molar-refractivity contribution in [3.05, 3.63) is 33.3 Å². The Hall–Kier alpha value is -0.0900. The maximum absolute atomic E-state index is 9.06. The third-order valence-corrected chi connectivity index (χ3v) is 2.79. The molecule has 0 heterocycles. The van der Waals surface area contributed by atoms with Gasteiger partial charge < -0.3 is 10.4 Å². The highest BCUT2D eigenvalue weighted by Gasteiger charge is 2.10. The lowest BCUT2D eigenvalue weighted by Crippen LogP contribution is -2.20. The van der Waals surface area contributed by atoms with Crippen molar-refractivity contribution in [1.82, 2.24) is 5.32 Å². The fraction of sp³-hybridized carbons (Fsp3) is 0.333. The third-order valence-electron chi connectivity index (χ3n) is 1.87. The van der Waals surface area contributed by atoms with E-state index < -0.39 is 0 Å². The molecule has 2 N–H and O–H groups in total. The Morgan fingerprint density at radius 1 is 1.62 bits per heavy atom. The summed E-state index contributed by atoms with van der Waals surface area (Å²) in [5.74, 6) is 0. The topological polar surface area (TPSA) is 32.3 Å². The van der Waals surface area contributed by atoms with Gasteiger partial charge in [0, 0.05) is 9.50 Å². The molecule has 0 saturated carbocycles. The summed E-state index contributed by atoms with van der Waals surface area (Å²) in [7, 11) is 1.81. The Morgan fingerprint density at radius 3 is 2.77 bits per heavy atom. The monoisotopic (exact) mass is 263 g/mol. The Balaban J connectivity index is 2.99. The summed E-state index contributed by atoms with van der Waals surface area (Å²) < 4.78 is 0.911. The van der Waals surface area contributed by atoms with E-state index in [0.29, 0.717) is 5.02 Å². The van der Waals surface area contributed by atoms with Gasteiger partial charge in [0.05, 0.1) is 12.6 Å². The number of nitrogens with one attached hydrogen (secondary N) is 1. The molecule has 0 aliphatic heterocycles. The van der Waals surface area contributed by atoms with Gasteiger partial charge in [-0.3, -0.25) is 0 Å². The summed E-state index contributed by atoms with van der Waals surface area (Å²) in [5.41, 5.74) is 1.01. The van der Waals surface area contributed by atoms with E-state index in [1.54, 1.807) is 0 Å². The number of aliphatic hydroxyl groups excluding tert-OH is 1. The van der Waals surface area contributed by atoms with Crippen LogP contribution in [0.15, 0.2) is 22.7 Å². The van der Waals surface area contributed by atoms with Crippen molar-refractivity contribution in [1.29, 1.82) is 0 Å². The lowest BCUT2D eigenvalue weighted by atomic mass is 10.1. The summed E-state index contributed by atoms with van der Waals surface area (Å²) in [5, 5.41) is 12.7. The standard InChI is InChI=1S/C9H11BrClNO/c1-12-9(5-13)7-3-2-6(11)4-8(7)10/h2-4,9,12-13H,5H2,1H3. The van der Waals surface area contributed by atoms with Crippen molar-refractivity contribution in [3.63, 3.8) is 0 Å². The van der Waals surface area contributed by atoms with Crippen LogP contribution in [0.1, 0.15) is 11.6 Å². The molecule has 0 saturated heterocycles. The van der Waals surface area contributed by atoms with E-state index in [1.165, 1.54) is 0 Å². The largest absolute Gasteiger partial charge is 0.394 e. The molecule has 1 rings (SSSR count). The average Bonchev–Trinajstić information content (AvgIpc) is 2.10. The Kier molecular flexibility index (Phi) is 4.19. The maximum atomic E-state index is 9.06. The van der Waals surface area contributed by atoms with Gasteiger partial charge in [-0.05, 0) is 24.7 Å². The first-order chi connectivity index (χ1) is 6.19. The maximum Gasteiger partial charge on any atom is 0.0626 e. The van der Waals surface area contributed by atoms with Crippen LogP contribution >= 0.6 is 27.5 Å². The smallest absolute Gasteiger partial charge is 0.0626 e. The number of halogens is 2. The van der Waals surface area contributed by atoms with Gasteiger partial charge in [0.15, 0.2) is 0 Å². The van der Waals surface area contributed by atoms with E-state index in [0.717, 1.165) is 10.0 Å². The lowest BCUT2D eigenvalue weighted by Gasteiger charge is -2.15. The molecule has 0 radical (unpaired) electrons. The Morgan fingerprint density at radius 2 is 2.31 bits per heavy atom. The molecule has 72 valence electrons. The first kappa shape index (κ1) is 11.0. The zero-order valence-electron chi connectivity index (χ0n) is 7.22. The average molecular weight is 265 g/mol. The molecule has 1 atom stereocenters. The fourth-order valence-electron chi connectivity index (χ4n) is 1.13. The van der Waals surface area contributed by atoms with Gasteiger partial charge in [-0.25, -0.2) is 0 Å². The molecule has 0 aliphatic rings. The molecule has 0 spiro atoms. The van der Waals surface area contributed by atoms with Crippen molar-refractivity contribution in [2.24, 2.45) is 0 Å². The molecule has 4 heteroatoms. The van der Waals surface area contributed by atoms with Crippen LogP contribution in [-0.4, -0.2) is 18.8 Å². The predicted octanol–water partition coefficient (Wildman–Crippen LogP) is 2.36. The number of hydrogen-bond acceptors (Lipinski definition) is 2. The summed E-state index contributed by atoms with van der Waals surface area (Å²) in [6.07, 6.45) is 0. The summed E-state index contributed by atoms with van der Waals surface area (Å²) >= 11 is 9.19. The second-order valence-corrected chi connectivity index (χ2v) is 3.98. The SMILES string of the molecule is CNC(CO)c1ccc(Cl)cc1Br. The molecule has 0 amide bonds. The molecular weight excluding hydrogens is 253 g/mol. The van der Waals surface area contributed by atoms with Gasteiger partial charge in [-0.1, -0.05) is 33.6 Å². The Labute approximate surface area is 91.0 Å². The van der Waals surface area contributed by atoms with Crippen molar-refractivity contribution in [2.75, 3.05) is 13.7 Å². The minimum Gasteiger partial charge on any atom is -0.394 e. The third kappa shape index (κ3) is 2.68. The van der Waals surface area contributed by atoms with E-state index in [-0.39, 0.29) is 12.6 Å².